The Labute approximate surface area is 130 Å². The van der Waals surface area contributed by atoms with Crippen LogP contribution in [0.2, 0.25) is 0 Å². The number of hydrogen-bond acceptors (Lipinski definition) is 3. The highest BCUT2D eigenvalue weighted by atomic mass is 32.2. The standard InChI is InChI=1S/C14H21O6PS/c15-21(16,17)14(22(18,19)20)12-8-3-1-2-5-9-13-10-6-4-7-11-13/h1-2,4,6-7,10-11,14H,3,5,8-9,12H2,(H2,15,16,17)(H,18,19,20). The third-order valence-corrected chi connectivity index (χ3v) is 6.70. The molecule has 0 radical (unpaired) electrons. The first kappa shape index (κ1) is 19.1. The van der Waals surface area contributed by atoms with Crippen molar-refractivity contribution in [2.24, 2.45) is 0 Å². The largest absolute Gasteiger partial charge is 0.346 e. The lowest BCUT2D eigenvalue weighted by atomic mass is 10.1. The van der Waals surface area contributed by atoms with Gasteiger partial charge < -0.3 is 9.79 Å². The topological polar surface area (TPSA) is 112 Å². The maximum Gasteiger partial charge on any atom is 0.346 e. The first-order valence-electron chi connectivity index (χ1n) is 6.91. The van der Waals surface area contributed by atoms with E-state index in [0.29, 0.717) is 6.42 Å². The van der Waals surface area contributed by atoms with Crippen LogP contribution in [-0.2, 0) is 21.1 Å². The summed E-state index contributed by atoms with van der Waals surface area (Å²) in [6.45, 7) is 0. The molecular formula is C14H21O6PS. The molecule has 0 aliphatic rings. The third-order valence-electron chi connectivity index (χ3n) is 3.15. The average Bonchev–Trinajstić information content (AvgIpc) is 2.40. The molecule has 1 aromatic rings. The van der Waals surface area contributed by atoms with Gasteiger partial charge in [-0.25, -0.2) is 0 Å². The van der Waals surface area contributed by atoms with Crippen LogP contribution in [-0.4, -0.2) is 27.7 Å². The van der Waals surface area contributed by atoms with E-state index in [-0.39, 0.29) is 12.8 Å². The Kier molecular flexibility index (Phi) is 7.45. The van der Waals surface area contributed by atoms with Crippen molar-refractivity contribution in [3.05, 3.63) is 48.0 Å². The first-order chi connectivity index (χ1) is 10.2. The molecule has 0 bridgehead atoms. The van der Waals surface area contributed by atoms with Gasteiger partial charge in [0.25, 0.3) is 10.1 Å². The Hall–Kier alpha value is -0.980. The lowest BCUT2D eigenvalue weighted by Gasteiger charge is -2.14. The molecule has 3 N–H and O–H groups in total. The summed E-state index contributed by atoms with van der Waals surface area (Å²) in [5.74, 6) is 0. The molecule has 0 aliphatic heterocycles. The first-order valence-corrected chi connectivity index (χ1v) is 10.1. The Morgan fingerprint density at radius 3 is 2.23 bits per heavy atom. The molecule has 0 saturated heterocycles. The minimum absolute atomic E-state index is 0.272. The SMILES string of the molecule is O=P(O)(O)C(CCCC=CCCc1ccccc1)S(=O)(=O)O. The van der Waals surface area contributed by atoms with Crippen LogP contribution in [0.5, 0.6) is 0 Å². The molecule has 1 rings (SSSR count). The van der Waals surface area contributed by atoms with Crippen LogP contribution in [0.3, 0.4) is 0 Å². The lowest BCUT2D eigenvalue weighted by molar-refractivity contribution is 0.360. The fourth-order valence-electron chi connectivity index (χ4n) is 2.03. The van der Waals surface area contributed by atoms with Gasteiger partial charge in [-0.15, -0.1) is 0 Å². The number of benzene rings is 1. The van der Waals surface area contributed by atoms with E-state index in [1.54, 1.807) is 0 Å². The second-order valence-electron chi connectivity index (χ2n) is 4.99. The molecule has 0 saturated carbocycles. The van der Waals surface area contributed by atoms with Gasteiger partial charge in [0.15, 0.2) is 4.99 Å². The smallest absolute Gasteiger partial charge is 0.323 e. The Balaban J connectivity index is 2.32. The molecule has 8 heteroatoms. The highest BCUT2D eigenvalue weighted by Crippen LogP contribution is 2.46. The van der Waals surface area contributed by atoms with Gasteiger partial charge in [-0.2, -0.15) is 8.42 Å². The highest BCUT2D eigenvalue weighted by molar-refractivity contribution is 7.93. The van der Waals surface area contributed by atoms with E-state index < -0.39 is 22.7 Å². The minimum Gasteiger partial charge on any atom is -0.323 e. The molecule has 0 aliphatic carbocycles. The van der Waals surface area contributed by atoms with E-state index in [4.69, 9.17) is 14.3 Å². The predicted molar refractivity (Wildman–Crippen MR) is 85.1 cm³/mol. The summed E-state index contributed by atoms with van der Waals surface area (Å²) >= 11 is 0. The van der Waals surface area contributed by atoms with E-state index in [2.05, 4.69) is 0 Å². The number of hydrogen-bond donors (Lipinski definition) is 3. The van der Waals surface area contributed by atoms with Crippen LogP contribution in [0.1, 0.15) is 31.2 Å². The zero-order valence-corrected chi connectivity index (χ0v) is 13.8. The maximum absolute atomic E-state index is 11.0. The van der Waals surface area contributed by atoms with Crippen molar-refractivity contribution in [2.75, 3.05) is 0 Å². The number of aryl methyl sites for hydroxylation is 1. The van der Waals surface area contributed by atoms with Gasteiger partial charge >= 0.3 is 7.60 Å². The van der Waals surface area contributed by atoms with Gasteiger partial charge in [-0.05, 0) is 37.7 Å². The number of unbranched alkanes of at least 4 members (excludes halogenated alkanes) is 1. The normalized spacial score (nSPS) is 14.3. The van der Waals surface area contributed by atoms with Crippen molar-refractivity contribution in [2.45, 2.75) is 37.1 Å². The zero-order valence-electron chi connectivity index (χ0n) is 12.1. The monoisotopic (exact) mass is 348 g/mol. The van der Waals surface area contributed by atoms with Crippen molar-refractivity contribution >= 4 is 17.7 Å². The third kappa shape index (κ3) is 7.33. The zero-order chi connectivity index (χ0) is 16.6. The summed E-state index contributed by atoms with van der Waals surface area (Å²) < 4.78 is 41.8. The van der Waals surface area contributed by atoms with Gasteiger partial charge in [0.2, 0.25) is 0 Å². The van der Waals surface area contributed by atoms with Crippen LogP contribution in [0.4, 0.5) is 0 Å². The van der Waals surface area contributed by atoms with Crippen LogP contribution >= 0.6 is 7.60 Å². The summed E-state index contributed by atoms with van der Waals surface area (Å²) in [4.78, 5) is 15.8. The summed E-state index contributed by atoms with van der Waals surface area (Å²) in [5.41, 5.74) is 1.22. The average molecular weight is 348 g/mol. The van der Waals surface area contributed by atoms with Gasteiger partial charge in [0, 0.05) is 0 Å². The second-order valence-corrected chi connectivity index (χ2v) is 8.74. The van der Waals surface area contributed by atoms with E-state index in [9.17, 15) is 13.0 Å². The molecule has 0 aromatic heterocycles. The Morgan fingerprint density at radius 2 is 1.68 bits per heavy atom. The van der Waals surface area contributed by atoms with Crippen LogP contribution in [0, 0.1) is 0 Å². The van der Waals surface area contributed by atoms with Gasteiger partial charge in [0.05, 0.1) is 0 Å². The molecule has 0 spiro atoms. The molecule has 1 unspecified atom stereocenters. The fourth-order valence-corrected chi connectivity index (χ4v) is 4.40. The fraction of sp³-hybridized carbons (Fsp3) is 0.429. The Bertz CT molecular complexity index is 620. The predicted octanol–water partition coefficient (Wildman–Crippen LogP) is 2.74. The van der Waals surface area contributed by atoms with Gasteiger partial charge in [-0.1, -0.05) is 42.5 Å². The molecule has 124 valence electrons. The molecule has 22 heavy (non-hydrogen) atoms. The van der Waals surface area contributed by atoms with Crippen LogP contribution < -0.4 is 0 Å². The Morgan fingerprint density at radius 1 is 1.09 bits per heavy atom. The lowest BCUT2D eigenvalue weighted by Crippen LogP contribution is -2.20. The molecule has 1 aromatic carbocycles. The van der Waals surface area contributed by atoms with E-state index >= 15 is 0 Å². The van der Waals surface area contributed by atoms with Crippen molar-refractivity contribution in [3.8, 4) is 0 Å². The molecule has 0 fully saturated rings. The highest BCUT2D eigenvalue weighted by Gasteiger charge is 2.38. The maximum atomic E-state index is 11.0. The summed E-state index contributed by atoms with van der Waals surface area (Å²) in [5, 5.41) is 0. The summed E-state index contributed by atoms with van der Waals surface area (Å²) in [6.07, 6.45) is 6.04. The van der Waals surface area contributed by atoms with Crippen molar-refractivity contribution in [1.29, 1.82) is 0 Å². The molecular weight excluding hydrogens is 327 g/mol. The van der Waals surface area contributed by atoms with Gasteiger partial charge in [-0.3, -0.25) is 9.12 Å². The molecule has 6 nitrogen and oxygen atoms in total. The van der Waals surface area contributed by atoms with Crippen LogP contribution in [0.25, 0.3) is 0 Å². The molecule has 0 heterocycles. The number of allylic oxidation sites excluding steroid dienone is 2. The van der Waals surface area contributed by atoms with Gasteiger partial charge in [0.1, 0.15) is 0 Å². The summed E-state index contributed by atoms with van der Waals surface area (Å²) in [7, 11) is -9.60. The van der Waals surface area contributed by atoms with Crippen molar-refractivity contribution < 1.29 is 27.3 Å². The minimum atomic E-state index is -4.86. The van der Waals surface area contributed by atoms with Crippen molar-refractivity contribution in [3.63, 3.8) is 0 Å². The van der Waals surface area contributed by atoms with E-state index in [1.807, 2.05) is 42.5 Å². The summed E-state index contributed by atoms with van der Waals surface area (Å²) in [6, 6.07) is 9.95. The van der Waals surface area contributed by atoms with E-state index in [0.717, 1.165) is 12.8 Å². The van der Waals surface area contributed by atoms with Crippen LogP contribution in [0.15, 0.2) is 42.5 Å². The molecule has 1 atom stereocenters. The molecule has 0 amide bonds. The van der Waals surface area contributed by atoms with E-state index in [1.165, 1.54) is 5.56 Å². The second kappa shape index (κ2) is 8.60. The number of rotatable bonds is 9. The quantitative estimate of drug-likeness (QED) is 0.274. The van der Waals surface area contributed by atoms with Crippen molar-refractivity contribution in [1.82, 2.24) is 0 Å².